The Kier molecular flexibility index (Phi) is 4.44. The number of anilines is 1. The molecule has 1 aliphatic rings. The number of hydrogen-bond donors (Lipinski definition) is 3. The normalized spacial score (nSPS) is 14.7. The number of rotatable bonds is 4. The van der Waals surface area contributed by atoms with E-state index in [2.05, 4.69) is 10.3 Å². The highest BCUT2D eigenvalue weighted by Crippen LogP contribution is 2.27. The van der Waals surface area contributed by atoms with Crippen LogP contribution in [0.2, 0.25) is 0 Å². The third-order valence-electron chi connectivity index (χ3n) is 4.68. The highest BCUT2D eigenvalue weighted by molar-refractivity contribution is 6.08. The van der Waals surface area contributed by atoms with Crippen LogP contribution in [0.15, 0.2) is 24.3 Å². The molecule has 130 valence electrons. The lowest BCUT2D eigenvalue weighted by molar-refractivity contribution is -0.138. The standard InChI is InChI=1S/C19H20N2O4/c1-10(19(24)25)12-5-3-6-13(9-12)20-18(23)17-11(2)16-14(21-17)7-4-8-15(16)22/h3,5-6,9-10,21H,4,7-8H2,1-2H3,(H,20,23)(H,24,25). The highest BCUT2D eigenvalue weighted by Gasteiger charge is 2.26. The number of fused-ring (bicyclic) bond motifs is 1. The molecule has 0 saturated carbocycles. The number of carboxylic acid groups (broad SMARTS) is 1. The van der Waals surface area contributed by atoms with E-state index < -0.39 is 11.9 Å². The number of nitrogens with one attached hydrogen (secondary N) is 2. The molecular formula is C19H20N2O4. The molecule has 1 aromatic heterocycles. The fraction of sp³-hybridized carbons (Fsp3) is 0.316. The van der Waals surface area contributed by atoms with E-state index >= 15 is 0 Å². The molecule has 0 saturated heterocycles. The molecule has 2 aromatic rings. The molecule has 1 amide bonds. The first kappa shape index (κ1) is 17.0. The number of aromatic amines is 1. The van der Waals surface area contributed by atoms with Crippen LogP contribution in [0.1, 0.15) is 63.4 Å². The van der Waals surface area contributed by atoms with Crippen LogP contribution in [-0.2, 0) is 11.2 Å². The van der Waals surface area contributed by atoms with Gasteiger partial charge in [0.25, 0.3) is 5.91 Å². The number of hydrogen-bond acceptors (Lipinski definition) is 3. The number of aromatic nitrogens is 1. The van der Waals surface area contributed by atoms with E-state index in [9.17, 15) is 14.4 Å². The van der Waals surface area contributed by atoms with Gasteiger partial charge < -0.3 is 15.4 Å². The quantitative estimate of drug-likeness (QED) is 0.795. The molecule has 1 heterocycles. The number of amides is 1. The minimum absolute atomic E-state index is 0.0753. The van der Waals surface area contributed by atoms with Crippen molar-refractivity contribution < 1.29 is 19.5 Å². The fourth-order valence-electron chi connectivity index (χ4n) is 3.22. The predicted octanol–water partition coefficient (Wildman–Crippen LogP) is 3.28. The summed E-state index contributed by atoms with van der Waals surface area (Å²) in [5.41, 5.74) is 3.66. The molecule has 3 N–H and O–H groups in total. The van der Waals surface area contributed by atoms with Crippen molar-refractivity contribution in [2.24, 2.45) is 0 Å². The Labute approximate surface area is 145 Å². The Morgan fingerprint density at radius 3 is 2.72 bits per heavy atom. The van der Waals surface area contributed by atoms with Crippen molar-refractivity contribution in [2.45, 2.75) is 39.0 Å². The minimum atomic E-state index is -0.921. The molecule has 1 atom stereocenters. The van der Waals surface area contributed by atoms with Gasteiger partial charge >= 0.3 is 5.97 Å². The third-order valence-corrected chi connectivity index (χ3v) is 4.68. The number of aliphatic carboxylic acids is 1. The zero-order valence-electron chi connectivity index (χ0n) is 14.2. The lowest BCUT2D eigenvalue weighted by Crippen LogP contribution is -2.14. The molecule has 6 heteroatoms. The number of benzene rings is 1. The first-order chi connectivity index (χ1) is 11.9. The highest BCUT2D eigenvalue weighted by atomic mass is 16.4. The molecule has 25 heavy (non-hydrogen) atoms. The smallest absolute Gasteiger partial charge is 0.310 e. The van der Waals surface area contributed by atoms with Gasteiger partial charge in [0.05, 0.1) is 5.92 Å². The molecule has 0 fully saturated rings. The summed E-state index contributed by atoms with van der Waals surface area (Å²) in [5.74, 6) is -1.84. The molecule has 1 aliphatic carbocycles. The summed E-state index contributed by atoms with van der Waals surface area (Å²) in [7, 11) is 0. The lowest BCUT2D eigenvalue weighted by atomic mass is 9.94. The Morgan fingerprint density at radius 2 is 2.04 bits per heavy atom. The van der Waals surface area contributed by atoms with E-state index in [1.807, 2.05) is 0 Å². The molecule has 0 radical (unpaired) electrons. The van der Waals surface area contributed by atoms with Crippen LogP contribution >= 0.6 is 0 Å². The zero-order chi connectivity index (χ0) is 18.1. The van der Waals surface area contributed by atoms with Crippen LogP contribution in [0, 0.1) is 6.92 Å². The first-order valence-electron chi connectivity index (χ1n) is 8.27. The van der Waals surface area contributed by atoms with Gasteiger partial charge in [0.2, 0.25) is 0 Å². The molecule has 1 unspecified atom stereocenters. The lowest BCUT2D eigenvalue weighted by Gasteiger charge is -2.10. The minimum Gasteiger partial charge on any atom is -0.481 e. The van der Waals surface area contributed by atoms with Gasteiger partial charge in [-0.3, -0.25) is 14.4 Å². The van der Waals surface area contributed by atoms with E-state index in [-0.39, 0.29) is 11.7 Å². The summed E-state index contributed by atoms with van der Waals surface area (Å²) in [6, 6.07) is 6.78. The topological polar surface area (TPSA) is 99.3 Å². The zero-order valence-corrected chi connectivity index (χ0v) is 14.2. The molecule has 1 aromatic carbocycles. The Hall–Kier alpha value is -2.89. The van der Waals surface area contributed by atoms with Gasteiger partial charge in [-0.05, 0) is 49.9 Å². The summed E-state index contributed by atoms with van der Waals surface area (Å²) in [6.07, 6.45) is 2.07. The summed E-state index contributed by atoms with van der Waals surface area (Å²) in [4.78, 5) is 38.9. The van der Waals surface area contributed by atoms with Crippen molar-refractivity contribution in [3.05, 3.63) is 52.3 Å². The number of carbonyl (C=O) groups excluding carboxylic acids is 2. The monoisotopic (exact) mass is 340 g/mol. The molecule has 3 rings (SSSR count). The van der Waals surface area contributed by atoms with Crippen molar-refractivity contribution in [3.8, 4) is 0 Å². The van der Waals surface area contributed by atoms with Gasteiger partial charge in [0.1, 0.15) is 5.69 Å². The van der Waals surface area contributed by atoms with Crippen LogP contribution in [0.4, 0.5) is 5.69 Å². The van der Waals surface area contributed by atoms with Crippen molar-refractivity contribution in [2.75, 3.05) is 5.32 Å². The van der Waals surface area contributed by atoms with Crippen molar-refractivity contribution in [1.82, 2.24) is 4.98 Å². The largest absolute Gasteiger partial charge is 0.481 e. The van der Waals surface area contributed by atoms with Crippen LogP contribution in [0.25, 0.3) is 0 Å². The van der Waals surface area contributed by atoms with Crippen molar-refractivity contribution >= 4 is 23.3 Å². The summed E-state index contributed by atoms with van der Waals surface area (Å²) in [6.45, 7) is 3.37. The number of carbonyl (C=O) groups is 3. The van der Waals surface area contributed by atoms with E-state index in [1.54, 1.807) is 38.1 Å². The van der Waals surface area contributed by atoms with Gasteiger partial charge in [0, 0.05) is 23.4 Å². The van der Waals surface area contributed by atoms with E-state index in [0.29, 0.717) is 34.5 Å². The second kappa shape index (κ2) is 6.55. The maximum absolute atomic E-state index is 12.6. The summed E-state index contributed by atoms with van der Waals surface area (Å²) >= 11 is 0. The van der Waals surface area contributed by atoms with Crippen LogP contribution in [-0.4, -0.2) is 27.8 Å². The average Bonchev–Trinajstić information content (AvgIpc) is 2.92. The number of H-pyrrole nitrogens is 1. The molecule has 0 aliphatic heterocycles. The van der Waals surface area contributed by atoms with Crippen LogP contribution < -0.4 is 5.32 Å². The maximum Gasteiger partial charge on any atom is 0.310 e. The summed E-state index contributed by atoms with van der Waals surface area (Å²) < 4.78 is 0. The maximum atomic E-state index is 12.6. The van der Waals surface area contributed by atoms with Gasteiger partial charge in [0.15, 0.2) is 5.78 Å². The Bertz CT molecular complexity index is 866. The van der Waals surface area contributed by atoms with Crippen LogP contribution in [0.5, 0.6) is 0 Å². The molecule has 6 nitrogen and oxygen atoms in total. The third kappa shape index (κ3) is 3.20. The molecular weight excluding hydrogens is 320 g/mol. The van der Waals surface area contributed by atoms with Gasteiger partial charge in [-0.25, -0.2) is 0 Å². The predicted molar refractivity (Wildman–Crippen MR) is 93.2 cm³/mol. The van der Waals surface area contributed by atoms with Gasteiger partial charge in [-0.2, -0.15) is 0 Å². The number of Topliss-reactive ketones (excluding diaryl/α,β-unsaturated/α-hetero) is 1. The SMILES string of the molecule is Cc1c(C(=O)Nc2cccc(C(C)C(=O)O)c2)[nH]c2c1C(=O)CCC2. The van der Waals surface area contributed by atoms with Crippen LogP contribution in [0.3, 0.4) is 0 Å². The van der Waals surface area contributed by atoms with Crippen molar-refractivity contribution in [1.29, 1.82) is 0 Å². The average molecular weight is 340 g/mol. The van der Waals surface area contributed by atoms with Gasteiger partial charge in [-0.1, -0.05) is 12.1 Å². The first-order valence-corrected chi connectivity index (χ1v) is 8.27. The van der Waals surface area contributed by atoms with E-state index in [1.165, 1.54) is 0 Å². The Morgan fingerprint density at radius 1 is 1.28 bits per heavy atom. The molecule has 0 spiro atoms. The van der Waals surface area contributed by atoms with Crippen molar-refractivity contribution in [3.63, 3.8) is 0 Å². The second-order valence-corrected chi connectivity index (χ2v) is 6.39. The number of aryl methyl sites for hydroxylation is 1. The fourth-order valence-corrected chi connectivity index (χ4v) is 3.22. The van der Waals surface area contributed by atoms with E-state index in [0.717, 1.165) is 18.5 Å². The number of ketones is 1. The summed E-state index contributed by atoms with van der Waals surface area (Å²) in [5, 5.41) is 11.9. The second-order valence-electron chi connectivity index (χ2n) is 6.39. The van der Waals surface area contributed by atoms with Gasteiger partial charge in [-0.15, -0.1) is 0 Å². The molecule has 0 bridgehead atoms. The number of carboxylic acids is 1. The Balaban J connectivity index is 1.85. The van der Waals surface area contributed by atoms with E-state index in [4.69, 9.17) is 5.11 Å².